The molecule has 2 fully saturated rings. The number of rotatable bonds is 5. The number of ether oxygens (including phenoxy) is 1. The van der Waals surface area contributed by atoms with Crippen molar-refractivity contribution in [2.75, 3.05) is 62.1 Å². The maximum Gasteiger partial charge on any atom is 0.244 e. The van der Waals surface area contributed by atoms with Gasteiger partial charge >= 0.3 is 0 Å². The lowest BCUT2D eigenvalue weighted by Crippen LogP contribution is -2.38. The van der Waals surface area contributed by atoms with Gasteiger partial charge in [0.2, 0.25) is 23.7 Å². The van der Waals surface area contributed by atoms with Crippen molar-refractivity contribution in [1.82, 2.24) is 14.9 Å². The molecule has 3 rings (SSSR count). The van der Waals surface area contributed by atoms with E-state index in [9.17, 15) is 14.4 Å². The fraction of sp³-hybridized carbons (Fsp3) is 0.562. The second kappa shape index (κ2) is 7.65. The molecule has 0 radical (unpaired) electrons. The summed E-state index contributed by atoms with van der Waals surface area (Å²) >= 11 is 0. The van der Waals surface area contributed by atoms with Crippen LogP contribution < -0.4 is 15.1 Å². The van der Waals surface area contributed by atoms with Crippen molar-refractivity contribution in [2.45, 2.75) is 12.8 Å². The van der Waals surface area contributed by atoms with Gasteiger partial charge in [0.15, 0.2) is 5.82 Å². The first-order chi connectivity index (χ1) is 12.5. The van der Waals surface area contributed by atoms with Gasteiger partial charge in [-0.1, -0.05) is 0 Å². The Kier molecular flexibility index (Phi) is 5.31. The van der Waals surface area contributed by atoms with Crippen LogP contribution in [-0.4, -0.2) is 79.5 Å². The number of hydrogen-bond donors (Lipinski definition) is 1. The standard InChI is InChI=1S/C16H22N6O4/c1-20(2)15-11(9-17-16(19-15)21-5-7-26-8-6-21)18-12(23)10-22-13(24)3-4-14(22)25/h9H,3-8,10H2,1-2H3,(H,18,23). The van der Waals surface area contributed by atoms with Crippen molar-refractivity contribution in [3.05, 3.63) is 6.20 Å². The Bertz CT molecular complexity index is 701. The van der Waals surface area contributed by atoms with Gasteiger partial charge in [-0.05, 0) is 0 Å². The molecule has 26 heavy (non-hydrogen) atoms. The maximum atomic E-state index is 12.3. The van der Waals surface area contributed by atoms with Crippen molar-refractivity contribution >= 4 is 35.2 Å². The molecule has 0 spiro atoms. The average molecular weight is 362 g/mol. The summed E-state index contributed by atoms with van der Waals surface area (Å²) in [6.45, 7) is 2.36. The zero-order valence-corrected chi connectivity index (χ0v) is 14.9. The van der Waals surface area contributed by atoms with E-state index >= 15 is 0 Å². The molecule has 10 heteroatoms. The molecule has 0 unspecified atom stereocenters. The Morgan fingerprint density at radius 3 is 2.50 bits per heavy atom. The van der Waals surface area contributed by atoms with Crippen LogP contribution in [0.5, 0.6) is 0 Å². The lowest BCUT2D eigenvalue weighted by Gasteiger charge is -2.28. The molecule has 2 saturated heterocycles. The van der Waals surface area contributed by atoms with E-state index in [0.29, 0.717) is 43.8 Å². The summed E-state index contributed by atoms with van der Waals surface area (Å²) in [5, 5.41) is 2.70. The first kappa shape index (κ1) is 18.1. The highest BCUT2D eigenvalue weighted by Crippen LogP contribution is 2.24. The number of anilines is 3. The van der Waals surface area contributed by atoms with E-state index in [-0.39, 0.29) is 31.2 Å². The van der Waals surface area contributed by atoms with Gasteiger partial charge in [0.1, 0.15) is 12.2 Å². The Balaban J connectivity index is 1.73. The van der Waals surface area contributed by atoms with Crippen LogP contribution in [0.1, 0.15) is 12.8 Å². The quantitative estimate of drug-likeness (QED) is 0.696. The molecular formula is C16H22N6O4. The molecule has 1 aromatic heterocycles. The van der Waals surface area contributed by atoms with E-state index in [1.54, 1.807) is 11.1 Å². The van der Waals surface area contributed by atoms with Crippen LogP contribution in [0.3, 0.4) is 0 Å². The second-order valence-electron chi connectivity index (χ2n) is 6.32. The van der Waals surface area contributed by atoms with Crippen molar-refractivity contribution < 1.29 is 19.1 Å². The highest BCUT2D eigenvalue weighted by molar-refractivity contribution is 6.06. The molecule has 2 aliphatic heterocycles. The number of aromatic nitrogens is 2. The monoisotopic (exact) mass is 362 g/mol. The molecule has 10 nitrogen and oxygen atoms in total. The number of carbonyl (C=O) groups excluding carboxylic acids is 3. The number of hydrogen-bond acceptors (Lipinski definition) is 8. The predicted molar refractivity (Wildman–Crippen MR) is 94.0 cm³/mol. The Hall–Kier alpha value is -2.75. The summed E-state index contributed by atoms with van der Waals surface area (Å²) in [6, 6.07) is 0. The topological polar surface area (TPSA) is 108 Å². The summed E-state index contributed by atoms with van der Waals surface area (Å²) in [4.78, 5) is 49.2. The summed E-state index contributed by atoms with van der Waals surface area (Å²) in [7, 11) is 3.63. The molecule has 3 amide bonds. The minimum Gasteiger partial charge on any atom is -0.378 e. The van der Waals surface area contributed by atoms with Gasteiger partial charge in [0, 0.05) is 40.0 Å². The van der Waals surface area contributed by atoms with Crippen molar-refractivity contribution in [2.24, 2.45) is 0 Å². The van der Waals surface area contributed by atoms with Crippen molar-refractivity contribution in [1.29, 1.82) is 0 Å². The van der Waals surface area contributed by atoms with Crippen LogP contribution in [0.25, 0.3) is 0 Å². The molecule has 0 aromatic carbocycles. The number of nitrogens with one attached hydrogen (secondary N) is 1. The molecule has 2 aliphatic rings. The summed E-state index contributed by atoms with van der Waals surface area (Å²) in [5.41, 5.74) is 0.427. The third-order valence-corrected chi connectivity index (χ3v) is 4.20. The lowest BCUT2D eigenvalue weighted by atomic mass is 10.4. The predicted octanol–water partition coefficient (Wildman–Crippen LogP) is -0.533. The minimum absolute atomic E-state index is 0.159. The molecule has 0 saturated carbocycles. The number of nitrogens with zero attached hydrogens (tertiary/aromatic N) is 5. The highest BCUT2D eigenvalue weighted by Gasteiger charge is 2.30. The maximum absolute atomic E-state index is 12.3. The van der Waals surface area contributed by atoms with Crippen LogP contribution in [0.4, 0.5) is 17.5 Å². The van der Waals surface area contributed by atoms with E-state index < -0.39 is 5.91 Å². The van der Waals surface area contributed by atoms with Gasteiger partial charge in [-0.25, -0.2) is 4.98 Å². The van der Waals surface area contributed by atoms with Crippen LogP contribution in [0.2, 0.25) is 0 Å². The van der Waals surface area contributed by atoms with Crippen LogP contribution in [0.15, 0.2) is 6.20 Å². The Labute approximate surface area is 151 Å². The van der Waals surface area contributed by atoms with Gasteiger partial charge in [0.05, 0.1) is 19.4 Å². The van der Waals surface area contributed by atoms with E-state index in [0.717, 1.165) is 4.90 Å². The minimum atomic E-state index is -0.459. The number of likely N-dealkylation sites (tertiary alicyclic amines) is 1. The number of imide groups is 1. The summed E-state index contributed by atoms with van der Waals surface area (Å²) in [6.07, 6.45) is 1.86. The molecule has 1 N–H and O–H groups in total. The molecule has 0 atom stereocenters. The van der Waals surface area contributed by atoms with Crippen molar-refractivity contribution in [3.63, 3.8) is 0 Å². The lowest BCUT2D eigenvalue weighted by molar-refractivity contribution is -0.141. The third-order valence-electron chi connectivity index (χ3n) is 4.20. The summed E-state index contributed by atoms with van der Waals surface area (Å²) in [5.74, 6) is 0.0158. The normalized spacial score (nSPS) is 17.6. The van der Waals surface area contributed by atoms with E-state index in [2.05, 4.69) is 15.3 Å². The second-order valence-corrected chi connectivity index (χ2v) is 6.32. The zero-order chi connectivity index (χ0) is 18.7. The van der Waals surface area contributed by atoms with Gasteiger partial charge in [0.25, 0.3) is 0 Å². The Morgan fingerprint density at radius 2 is 1.88 bits per heavy atom. The first-order valence-electron chi connectivity index (χ1n) is 8.46. The molecule has 3 heterocycles. The van der Waals surface area contributed by atoms with Gasteiger partial charge in [-0.3, -0.25) is 19.3 Å². The smallest absolute Gasteiger partial charge is 0.244 e. The fourth-order valence-corrected chi connectivity index (χ4v) is 2.84. The Morgan fingerprint density at radius 1 is 1.23 bits per heavy atom. The molecular weight excluding hydrogens is 340 g/mol. The van der Waals surface area contributed by atoms with Gasteiger partial charge in [-0.15, -0.1) is 0 Å². The number of morpholine rings is 1. The zero-order valence-electron chi connectivity index (χ0n) is 14.9. The average Bonchev–Trinajstić information content (AvgIpc) is 2.94. The van der Waals surface area contributed by atoms with Gasteiger partial charge in [-0.2, -0.15) is 4.98 Å². The molecule has 0 bridgehead atoms. The molecule has 1 aromatic rings. The third kappa shape index (κ3) is 3.90. The largest absolute Gasteiger partial charge is 0.378 e. The SMILES string of the molecule is CN(C)c1nc(N2CCOCC2)ncc1NC(=O)CN1C(=O)CCC1=O. The van der Waals surface area contributed by atoms with Crippen LogP contribution >= 0.6 is 0 Å². The van der Waals surface area contributed by atoms with E-state index in [1.807, 2.05) is 19.0 Å². The number of carbonyl (C=O) groups is 3. The fourth-order valence-electron chi connectivity index (χ4n) is 2.84. The summed E-state index contributed by atoms with van der Waals surface area (Å²) < 4.78 is 5.33. The first-order valence-corrected chi connectivity index (χ1v) is 8.46. The van der Waals surface area contributed by atoms with E-state index in [1.165, 1.54) is 0 Å². The van der Waals surface area contributed by atoms with Crippen LogP contribution in [-0.2, 0) is 19.1 Å². The van der Waals surface area contributed by atoms with Crippen LogP contribution in [0, 0.1) is 0 Å². The molecule has 140 valence electrons. The van der Waals surface area contributed by atoms with E-state index in [4.69, 9.17) is 4.74 Å². The van der Waals surface area contributed by atoms with Gasteiger partial charge < -0.3 is 19.9 Å². The highest BCUT2D eigenvalue weighted by atomic mass is 16.5. The number of amides is 3. The van der Waals surface area contributed by atoms with Crippen molar-refractivity contribution in [3.8, 4) is 0 Å². The molecule has 0 aliphatic carbocycles.